The fourth-order valence-electron chi connectivity index (χ4n) is 1.61. The summed E-state index contributed by atoms with van der Waals surface area (Å²) in [6.45, 7) is 3.78. The molecule has 1 aromatic carbocycles. The average Bonchev–Trinajstić information content (AvgIpc) is 2.32. The summed E-state index contributed by atoms with van der Waals surface area (Å²) in [5.74, 6) is -0.589. The first-order valence-corrected chi connectivity index (χ1v) is 6.22. The highest BCUT2D eigenvalue weighted by Crippen LogP contribution is 2.34. The van der Waals surface area contributed by atoms with E-state index < -0.39 is 18.0 Å². The summed E-state index contributed by atoms with van der Waals surface area (Å²) >= 11 is 11.7. The van der Waals surface area contributed by atoms with E-state index in [1.807, 2.05) is 13.8 Å². The Balaban J connectivity index is 0.00000289. The number of benzene rings is 1. The van der Waals surface area contributed by atoms with Crippen LogP contribution in [0, 0.1) is 11.7 Å². The molecule has 0 saturated carbocycles. The molecular formula is C12H17Cl3FNO. The summed E-state index contributed by atoms with van der Waals surface area (Å²) in [4.78, 5) is 0. The van der Waals surface area contributed by atoms with E-state index in [0.29, 0.717) is 0 Å². The topological polar surface area (TPSA) is 46.2 Å². The van der Waals surface area contributed by atoms with Gasteiger partial charge in [0.15, 0.2) is 0 Å². The van der Waals surface area contributed by atoms with E-state index in [-0.39, 0.29) is 33.9 Å². The minimum Gasteiger partial charge on any atom is -0.391 e. The number of nitrogens with two attached hydrogens (primary N) is 1. The average molecular weight is 317 g/mol. The molecule has 0 amide bonds. The third-order valence-corrected chi connectivity index (χ3v) is 3.83. The van der Waals surface area contributed by atoms with Gasteiger partial charge < -0.3 is 10.8 Å². The maximum absolute atomic E-state index is 13.7. The molecular weight excluding hydrogens is 299 g/mol. The Hall–Kier alpha value is -0.0600. The SMILES string of the molecule is CCC(C)[C@@H](O)[C@@H](N)c1c(F)ccc(Cl)c1Cl.Cl. The van der Waals surface area contributed by atoms with Gasteiger partial charge in [-0.3, -0.25) is 0 Å². The standard InChI is InChI=1S/C12H16Cl2FNO.ClH/c1-3-6(2)12(17)11(16)9-8(15)5-4-7(13)10(9)14;/h4-6,11-12,17H,3,16H2,1-2H3;1H/t6?,11-,12+;/m0./s1. The molecule has 1 unspecified atom stereocenters. The van der Waals surface area contributed by atoms with Crippen molar-refractivity contribution >= 4 is 35.6 Å². The van der Waals surface area contributed by atoms with E-state index in [4.69, 9.17) is 28.9 Å². The largest absolute Gasteiger partial charge is 0.391 e. The van der Waals surface area contributed by atoms with Crippen LogP contribution in [0.25, 0.3) is 0 Å². The van der Waals surface area contributed by atoms with Crippen molar-refractivity contribution in [2.24, 2.45) is 11.7 Å². The molecule has 2 nitrogen and oxygen atoms in total. The zero-order chi connectivity index (χ0) is 13.2. The van der Waals surface area contributed by atoms with Crippen molar-refractivity contribution in [1.29, 1.82) is 0 Å². The fourth-order valence-corrected chi connectivity index (χ4v) is 2.06. The quantitative estimate of drug-likeness (QED) is 0.826. The molecule has 18 heavy (non-hydrogen) atoms. The molecule has 1 aromatic rings. The van der Waals surface area contributed by atoms with E-state index in [9.17, 15) is 9.50 Å². The number of aliphatic hydroxyl groups excluding tert-OH is 1. The number of hydrogen-bond donors (Lipinski definition) is 2. The predicted octanol–water partition coefficient (Wildman–Crippen LogP) is 3.96. The van der Waals surface area contributed by atoms with Gasteiger partial charge in [-0.05, 0) is 18.1 Å². The number of aliphatic hydroxyl groups is 1. The predicted molar refractivity (Wildman–Crippen MR) is 76.1 cm³/mol. The van der Waals surface area contributed by atoms with Gasteiger partial charge in [-0.2, -0.15) is 0 Å². The van der Waals surface area contributed by atoms with Crippen LogP contribution < -0.4 is 5.73 Å². The van der Waals surface area contributed by atoms with Gasteiger partial charge in [-0.15, -0.1) is 12.4 Å². The molecule has 0 radical (unpaired) electrons. The first kappa shape index (κ1) is 17.9. The second-order valence-electron chi connectivity index (χ2n) is 4.16. The number of hydrogen-bond acceptors (Lipinski definition) is 2. The molecule has 0 spiro atoms. The zero-order valence-corrected chi connectivity index (χ0v) is 12.5. The third-order valence-electron chi connectivity index (χ3n) is 3.01. The Labute approximate surface area is 123 Å². The summed E-state index contributed by atoms with van der Waals surface area (Å²) in [5.41, 5.74) is 5.93. The molecule has 0 aliphatic rings. The van der Waals surface area contributed by atoms with Gasteiger partial charge >= 0.3 is 0 Å². The lowest BCUT2D eigenvalue weighted by molar-refractivity contribution is 0.0868. The summed E-state index contributed by atoms with van der Waals surface area (Å²) in [5, 5.41) is 10.3. The molecule has 0 aliphatic carbocycles. The van der Waals surface area contributed by atoms with Crippen molar-refractivity contribution in [1.82, 2.24) is 0 Å². The van der Waals surface area contributed by atoms with Crippen LogP contribution in [-0.4, -0.2) is 11.2 Å². The minimum atomic E-state index is -0.879. The molecule has 0 bridgehead atoms. The van der Waals surface area contributed by atoms with Gasteiger partial charge in [0.2, 0.25) is 0 Å². The minimum absolute atomic E-state index is 0. The number of rotatable bonds is 4. The lowest BCUT2D eigenvalue weighted by Gasteiger charge is -2.25. The van der Waals surface area contributed by atoms with Crippen LogP contribution in [0.5, 0.6) is 0 Å². The van der Waals surface area contributed by atoms with Crippen molar-refractivity contribution < 1.29 is 9.50 Å². The van der Waals surface area contributed by atoms with Crippen molar-refractivity contribution in [2.75, 3.05) is 0 Å². The molecule has 3 N–H and O–H groups in total. The molecule has 3 atom stereocenters. The Morgan fingerprint density at radius 2 is 1.94 bits per heavy atom. The van der Waals surface area contributed by atoms with Gasteiger partial charge in [-0.1, -0.05) is 43.5 Å². The number of halogens is 4. The van der Waals surface area contributed by atoms with Crippen molar-refractivity contribution in [3.8, 4) is 0 Å². The zero-order valence-electron chi connectivity index (χ0n) is 10.2. The van der Waals surface area contributed by atoms with Crippen LogP contribution in [-0.2, 0) is 0 Å². The van der Waals surface area contributed by atoms with Gasteiger partial charge in [-0.25, -0.2) is 4.39 Å². The van der Waals surface area contributed by atoms with Gasteiger partial charge in [0.05, 0.1) is 22.2 Å². The van der Waals surface area contributed by atoms with Gasteiger partial charge in [0.25, 0.3) is 0 Å². The van der Waals surface area contributed by atoms with E-state index in [0.717, 1.165) is 6.42 Å². The van der Waals surface area contributed by atoms with Crippen LogP contribution in [0.4, 0.5) is 4.39 Å². The smallest absolute Gasteiger partial charge is 0.129 e. The van der Waals surface area contributed by atoms with Crippen LogP contribution in [0.15, 0.2) is 12.1 Å². The van der Waals surface area contributed by atoms with Crippen LogP contribution >= 0.6 is 35.6 Å². The first-order valence-electron chi connectivity index (χ1n) is 5.47. The monoisotopic (exact) mass is 315 g/mol. The normalized spacial score (nSPS) is 15.7. The lowest BCUT2D eigenvalue weighted by Crippen LogP contribution is -2.32. The molecule has 0 aliphatic heterocycles. The molecule has 0 fully saturated rings. The summed E-state index contributed by atoms with van der Waals surface area (Å²) < 4.78 is 13.7. The Bertz CT molecular complexity index is 403. The van der Waals surface area contributed by atoms with Crippen molar-refractivity contribution in [2.45, 2.75) is 32.4 Å². The van der Waals surface area contributed by atoms with Crippen LogP contribution in [0.1, 0.15) is 31.9 Å². The van der Waals surface area contributed by atoms with Crippen LogP contribution in [0.3, 0.4) is 0 Å². The second kappa shape index (κ2) is 7.51. The fraction of sp³-hybridized carbons (Fsp3) is 0.500. The highest BCUT2D eigenvalue weighted by Gasteiger charge is 2.27. The molecule has 0 heterocycles. The van der Waals surface area contributed by atoms with E-state index in [2.05, 4.69) is 0 Å². The highest BCUT2D eigenvalue weighted by molar-refractivity contribution is 6.42. The molecule has 1 rings (SSSR count). The summed E-state index contributed by atoms with van der Waals surface area (Å²) in [6.07, 6.45) is -0.111. The molecule has 6 heteroatoms. The highest BCUT2D eigenvalue weighted by atomic mass is 35.5. The Kier molecular flexibility index (Phi) is 7.48. The third kappa shape index (κ3) is 3.72. The second-order valence-corrected chi connectivity index (χ2v) is 4.94. The van der Waals surface area contributed by atoms with Crippen LogP contribution in [0.2, 0.25) is 10.0 Å². The molecule has 0 aromatic heterocycles. The first-order chi connectivity index (χ1) is 7.90. The van der Waals surface area contributed by atoms with Gasteiger partial charge in [0.1, 0.15) is 5.82 Å². The van der Waals surface area contributed by atoms with Gasteiger partial charge in [0, 0.05) is 5.56 Å². The summed E-state index contributed by atoms with van der Waals surface area (Å²) in [6, 6.07) is 1.69. The summed E-state index contributed by atoms with van der Waals surface area (Å²) in [7, 11) is 0. The van der Waals surface area contributed by atoms with Crippen molar-refractivity contribution in [3.63, 3.8) is 0 Å². The maximum atomic E-state index is 13.7. The lowest BCUT2D eigenvalue weighted by atomic mass is 9.91. The Morgan fingerprint density at radius 1 is 1.39 bits per heavy atom. The molecule has 104 valence electrons. The van der Waals surface area contributed by atoms with E-state index in [1.54, 1.807) is 0 Å². The Morgan fingerprint density at radius 3 is 2.44 bits per heavy atom. The van der Waals surface area contributed by atoms with Crippen molar-refractivity contribution in [3.05, 3.63) is 33.6 Å². The molecule has 0 saturated heterocycles. The maximum Gasteiger partial charge on any atom is 0.129 e. The van der Waals surface area contributed by atoms with E-state index >= 15 is 0 Å². The van der Waals surface area contributed by atoms with E-state index in [1.165, 1.54) is 12.1 Å².